The van der Waals surface area contributed by atoms with Gasteiger partial charge in [-0.2, -0.15) is 0 Å². The lowest BCUT2D eigenvalue weighted by atomic mass is 10.2. The quantitative estimate of drug-likeness (QED) is 0.835. The van der Waals surface area contributed by atoms with Crippen LogP contribution < -0.4 is 4.74 Å². The van der Waals surface area contributed by atoms with E-state index in [0.29, 0.717) is 16.3 Å². The molecule has 2 rings (SSSR count). The standard InChI is InChI=1S/C15H13ClO3S/c1-19-13-7-6-11(16)8-10(13)9-20-14-5-3-2-4-12(14)15(17)18/h2-8H,9H2,1H3,(H,17,18). The number of benzene rings is 2. The summed E-state index contributed by atoms with van der Waals surface area (Å²) in [5.74, 6) is 0.412. The van der Waals surface area contributed by atoms with Crippen LogP contribution in [0.2, 0.25) is 5.02 Å². The number of ether oxygens (including phenoxy) is 1. The highest BCUT2D eigenvalue weighted by atomic mass is 35.5. The van der Waals surface area contributed by atoms with Crippen LogP contribution in [0.5, 0.6) is 5.75 Å². The molecule has 0 bridgehead atoms. The maximum atomic E-state index is 11.2. The number of hydrogen-bond acceptors (Lipinski definition) is 3. The van der Waals surface area contributed by atoms with Crippen LogP contribution in [0.15, 0.2) is 47.4 Å². The lowest BCUT2D eigenvalue weighted by molar-refractivity contribution is 0.0693. The van der Waals surface area contributed by atoms with Crippen LogP contribution >= 0.6 is 23.4 Å². The fraction of sp³-hybridized carbons (Fsp3) is 0.133. The van der Waals surface area contributed by atoms with Gasteiger partial charge in [-0.15, -0.1) is 11.8 Å². The Morgan fingerprint density at radius 2 is 2.05 bits per heavy atom. The minimum absolute atomic E-state index is 0.304. The Hall–Kier alpha value is -1.65. The fourth-order valence-corrected chi connectivity index (χ4v) is 3.00. The molecule has 0 saturated carbocycles. The first-order valence-corrected chi connectivity index (χ1v) is 7.25. The monoisotopic (exact) mass is 308 g/mol. The summed E-state index contributed by atoms with van der Waals surface area (Å²) in [6, 6.07) is 12.3. The summed E-state index contributed by atoms with van der Waals surface area (Å²) in [7, 11) is 1.60. The normalized spacial score (nSPS) is 10.3. The number of thioether (sulfide) groups is 1. The summed E-state index contributed by atoms with van der Waals surface area (Å²) >= 11 is 7.43. The second-order valence-corrected chi connectivity index (χ2v) is 5.50. The summed E-state index contributed by atoms with van der Waals surface area (Å²) in [5.41, 5.74) is 1.24. The van der Waals surface area contributed by atoms with Crippen molar-refractivity contribution in [2.24, 2.45) is 0 Å². The van der Waals surface area contributed by atoms with Gasteiger partial charge in [0.05, 0.1) is 12.7 Å². The molecule has 3 nitrogen and oxygen atoms in total. The zero-order valence-electron chi connectivity index (χ0n) is 10.8. The van der Waals surface area contributed by atoms with Crippen LogP contribution in [-0.2, 0) is 5.75 Å². The average Bonchev–Trinajstić information content (AvgIpc) is 2.45. The molecule has 0 aliphatic rings. The molecule has 0 aliphatic heterocycles. The number of carboxylic acids is 1. The number of halogens is 1. The van der Waals surface area contributed by atoms with E-state index in [2.05, 4.69) is 0 Å². The number of rotatable bonds is 5. The Morgan fingerprint density at radius 3 is 2.75 bits per heavy atom. The van der Waals surface area contributed by atoms with Gasteiger partial charge in [-0.25, -0.2) is 4.79 Å². The molecule has 1 N–H and O–H groups in total. The minimum atomic E-state index is -0.925. The van der Waals surface area contributed by atoms with E-state index >= 15 is 0 Å². The van der Waals surface area contributed by atoms with Crippen molar-refractivity contribution < 1.29 is 14.6 Å². The molecule has 0 amide bonds. The van der Waals surface area contributed by atoms with Gasteiger partial charge in [0, 0.05) is 21.2 Å². The van der Waals surface area contributed by atoms with E-state index in [1.54, 1.807) is 37.4 Å². The smallest absolute Gasteiger partial charge is 0.336 e. The molecule has 0 heterocycles. The molecule has 0 aromatic heterocycles. The van der Waals surface area contributed by atoms with Crippen LogP contribution in [0.1, 0.15) is 15.9 Å². The van der Waals surface area contributed by atoms with Gasteiger partial charge in [0.25, 0.3) is 0 Å². The van der Waals surface area contributed by atoms with E-state index in [0.717, 1.165) is 16.2 Å². The van der Waals surface area contributed by atoms with Crippen molar-refractivity contribution >= 4 is 29.3 Å². The van der Waals surface area contributed by atoms with Crippen LogP contribution in [0.3, 0.4) is 0 Å². The first kappa shape index (κ1) is 14.8. The Bertz CT molecular complexity index is 628. The molecule has 0 radical (unpaired) electrons. The largest absolute Gasteiger partial charge is 0.496 e. The van der Waals surface area contributed by atoms with Gasteiger partial charge in [-0.3, -0.25) is 0 Å². The van der Waals surface area contributed by atoms with Crippen molar-refractivity contribution in [3.8, 4) is 5.75 Å². The highest BCUT2D eigenvalue weighted by molar-refractivity contribution is 7.98. The Labute approximate surface area is 126 Å². The first-order chi connectivity index (χ1) is 9.61. The Balaban J connectivity index is 2.21. The topological polar surface area (TPSA) is 46.5 Å². The van der Waals surface area contributed by atoms with Crippen molar-refractivity contribution in [3.05, 3.63) is 58.6 Å². The van der Waals surface area contributed by atoms with E-state index in [4.69, 9.17) is 21.4 Å². The molecular weight excluding hydrogens is 296 g/mol. The van der Waals surface area contributed by atoms with Gasteiger partial charge >= 0.3 is 5.97 Å². The number of hydrogen-bond donors (Lipinski definition) is 1. The van der Waals surface area contributed by atoms with Crippen LogP contribution in [0, 0.1) is 0 Å². The molecule has 104 valence electrons. The van der Waals surface area contributed by atoms with Gasteiger partial charge in [-0.1, -0.05) is 23.7 Å². The summed E-state index contributed by atoms with van der Waals surface area (Å²) in [4.78, 5) is 11.9. The van der Waals surface area contributed by atoms with Crippen LogP contribution in [0.4, 0.5) is 0 Å². The lowest BCUT2D eigenvalue weighted by Crippen LogP contribution is -1.98. The molecule has 5 heteroatoms. The SMILES string of the molecule is COc1ccc(Cl)cc1CSc1ccccc1C(=O)O. The maximum Gasteiger partial charge on any atom is 0.336 e. The second-order valence-electron chi connectivity index (χ2n) is 4.05. The third-order valence-corrected chi connectivity index (χ3v) is 4.10. The lowest BCUT2D eigenvalue weighted by Gasteiger charge is -2.10. The highest BCUT2D eigenvalue weighted by Crippen LogP contribution is 2.31. The van der Waals surface area contributed by atoms with Gasteiger partial charge in [-0.05, 0) is 30.3 Å². The number of carboxylic acid groups (broad SMARTS) is 1. The van der Waals surface area contributed by atoms with E-state index < -0.39 is 5.97 Å². The summed E-state index contributed by atoms with van der Waals surface area (Å²) in [6.07, 6.45) is 0. The van der Waals surface area contributed by atoms with E-state index in [1.807, 2.05) is 12.1 Å². The predicted octanol–water partition coefficient (Wildman–Crippen LogP) is 4.34. The average molecular weight is 309 g/mol. The van der Waals surface area contributed by atoms with Gasteiger partial charge in [0.1, 0.15) is 5.75 Å². The summed E-state index contributed by atoms with van der Waals surface area (Å²) < 4.78 is 5.28. The highest BCUT2D eigenvalue weighted by Gasteiger charge is 2.11. The summed E-state index contributed by atoms with van der Waals surface area (Å²) in [6.45, 7) is 0. The molecule has 0 atom stereocenters. The third kappa shape index (κ3) is 3.46. The van der Waals surface area contributed by atoms with Crippen molar-refractivity contribution in [1.82, 2.24) is 0 Å². The molecule has 0 spiro atoms. The predicted molar refractivity (Wildman–Crippen MR) is 81.0 cm³/mol. The van der Waals surface area contributed by atoms with E-state index in [-0.39, 0.29) is 0 Å². The molecular formula is C15H13ClO3S. The van der Waals surface area contributed by atoms with Gasteiger partial charge in [0.2, 0.25) is 0 Å². The van der Waals surface area contributed by atoms with Crippen molar-refractivity contribution in [1.29, 1.82) is 0 Å². The molecule has 0 unspecified atom stereocenters. The number of aromatic carboxylic acids is 1. The molecule has 0 aliphatic carbocycles. The Morgan fingerprint density at radius 1 is 1.30 bits per heavy atom. The third-order valence-electron chi connectivity index (χ3n) is 2.74. The Kier molecular flexibility index (Phi) is 4.93. The summed E-state index contributed by atoms with van der Waals surface area (Å²) in [5, 5.41) is 9.78. The van der Waals surface area contributed by atoms with Gasteiger partial charge in [0.15, 0.2) is 0 Å². The van der Waals surface area contributed by atoms with E-state index in [9.17, 15) is 4.79 Å². The van der Waals surface area contributed by atoms with E-state index in [1.165, 1.54) is 11.8 Å². The molecule has 2 aromatic carbocycles. The number of carbonyl (C=O) groups is 1. The molecule has 20 heavy (non-hydrogen) atoms. The van der Waals surface area contributed by atoms with Crippen molar-refractivity contribution in [2.75, 3.05) is 7.11 Å². The molecule has 0 saturated heterocycles. The van der Waals surface area contributed by atoms with Crippen LogP contribution in [0.25, 0.3) is 0 Å². The van der Waals surface area contributed by atoms with Gasteiger partial charge < -0.3 is 9.84 Å². The first-order valence-electron chi connectivity index (χ1n) is 5.89. The fourth-order valence-electron chi connectivity index (χ4n) is 1.78. The minimum Gasteiger partial charge on any atom is -0.496 e. The molecule has 2 aromatic rings. The van der Waals surface area contributed by atoms with Crippen LogP contribution in [-0.4, -0.2) is 18.2 Å². The van der Waals surface area contributed by atoms with Crippen molar-refractivity contribution in [2.45, 2.75) is 10.6 Å². The van der Waals surface area contributed by atoms with Crippen molar-refractivity contribution in [3.63, 3.8) is 0 Å². The zero-order chi connectivity index (χ0) is 14.5. The number of methoxy groups -OCH3 is 1. The zero-order valence-corrected chi connectivity index (χ0v) is 12.4. The molecule has 0 fully saturated rings. The second kappa shape index (κ2) is 6.68. The maximum absolute atomic E-state index is 11.2.